The van der Waals surface area contributed by atoms with Crippen molar-refractivity contribution in [2.24, 2.45) is 0 Å². The fraction of sp³-hybridized carbons (Fsp3) is 0.421. The maximum absolute atomic E-state index is 12.5. The number of rotatable bonds is 5. The molecule has 1 saturated heterocycles. The number of fused-ring (bicyclic) bond motifs is 1. The number of aryl methyl sites for hydroxylation is 1. The van der Waals surface area contributed by atoms with E-state index in [-0.39, 0.29) is 36.8 Å². The highest BCUT2D eigenvalue weighted by Gasteiger charge is 2.30. The molecular weight excluding hydrogens is 352 g/mol. The number of esters is 1. The summed E-state index contributed by atoms with van der Waals surface area (Å²) in [5.74, 6) is -0.677. The van der Waals surface area contributed by atoms with Crippen molar-refractivity contribution in [1.29, 1.82) is 0 Å². The van der Waals surface area contributed by atoms with Crippen molar-refractivity contribution in [2.45, 2.75) is 32.2 Å². The highest BCUT2D eigenvalue weighted by Crippen LogP contribution is 2.31. The Kier molecular flexibility index (Phi) is 5.98. The molecule has 1 aliphatic heterocycles. The summed E-state index contributed by atoms with van der Waals surface area (Å²) in [5, 5.41) is 3.50. The van der Waals surface area contributed by atoms with Crippen LogP contribution in [-0.2, 0) is 25.5 Å². The van der Waals surface area contributed by atoms with Gasteiger partial charge in [0.15, 0.2) is 0 Å². The first-order chi connectivity index (χ1) is 12.6. The summed E-state index contributed by atoms with van der Waals surface area (Å²) < 4.78 is 4.89. The van der Waals surface area contributed by atoms with Gasteiger partial charge in [0.05, 0.1) is 29.5 Å². The number of amides is 2. The van der Waals surface area contributed by atoms with Gasteiger partial charge < -0.3 is 10.1 Å². The van der Waals surface area contributed by atoms with E-state index < -0.39 is 5.97 Å². The van der Waals surface area contributed by atoms with Gasteiger partial charge in [0, 0.05) is 0 Å². The highest BCUT2D eigenvalue weighted by molar-refractivity contribution is 8.04. The van der Waals surface area contributed by atoms with Gasteiger partial charge in [-0.1, -0.05) is 36.0 Å². The maximum atomic E-state index is 12.5. The van der Waals surface area contributed by atoms with E-state index in [1.165, 1.54) is 28.3 Å². The van der Waals surface area contributed by atoms with Crippen LogP contribution in [-0.4, -0.2) is 41.6 Å². The van der Waals surface area contributed by atoms with Crippen molar-refractivity contribution in [1.82, 2.24) is 10.2 Å². The molecule has 2 aliphatic rings. The van der Waals surface area contributed by atoms with Crippen LogP contribution in [0.1, 0.15) is 36.9 Å². The summed E-state index contributed by atoms with van der Waals surface area (Å²) in [6, 6.07) is 8.09. The summed E-state index contributed by atoms with van der Waals surface area (Å²) in [7, 11) is 0. The summed E-state index contributed by atoms with van der Waals surface area (Å²) >= 11 is 1.25. The minimum absolute atomic E-state index is 0.0321. The summed E-state index contributed by atoms with van der Waals surface area (Å²) in [6.45, 7) is 1.90. The third-order valence-corrected chi connectivity index (χ3v) is 5.47. The molecule has 7 heteroatoms. The third kappa shape index (κ3) is 4.27. The van der Waals surface area contributed by atoms with Gasteiger partial charge in [-0.05, 0) is 37.3 Å². The number of ether oxygens (including phenoxy) is 1. The SMILES string of the molecule is CCOC(=O)/C=C1/SCC(=O)N1CC(=O)NC1CCCc2ccccc21. The Labute approximate surface area is 157 Å². The number of nitrogens with one attached hydrogen (secondary N) is 1. The van der Waals surface area contributed by atoms with Gasteiger partial charge in [-0.2, -0.15) is 0 Å². The molecule has 2 amide bonds. The molecule has 1 aromatic rings. The first-order valence-corrected chi connectivity index (χ1v) is 9.76. The average molecular weight is 374 g/mol. The van der Waals surface area contributed by atoms with E-state index in [1.807, 2.05) is 18.2 Å². The minimum Gasteiger partial charge on any atom is -0.463 e. The number of thioether (sulfide) groups is 1. The Morgan fingerprint density at radius 1 is 1.38 bits per heavy atom. The Morgan fingerprint density at radius 3 is 3.00 bits per heavy atom. The smallest absolute Gasteiger partial charge is 0.333 e. The summed E-state index contributed by atoms with van der Waals surface area (Å²) in [6.07, 6.45) is 4.21. The topological polar surface area (TPSA) is 75.7 Å². The van der Waals surface area contributed by atoms with Crippen LogP contribution >= 0.6 is 11.8 Å². The molecule has 1 unspecified atom stereocenters. The zero-order chi connectivity index (χ0) is 18.5. The third-order valence-electron chi connectivity index (χ3n) is 4.44. The van der Waals surface area contributed by atoms with Crippen molar-refractivity contribution >= 4 is 29.5 Å². The number of carbonyl (C=O) groups excluding carboxylic acids is 3. The molecule has 1 fully saturated rings. The predicted molar refractivity (Wildman–Crippen MR) is 99.2 cm³/mol. The predicted octanol–water partition coefficient (Wildman–Crippen LogP) is 2.16. The monoisotopic (exact) mass is 374 g/mol. The summed E-state index contributed by atoms with van der Waals surface area (Å²) in [5.41, 5.74) is 2.41. The molecule has 1 aliphatic carbocycles. The molecule has 0 aromatic heterocycles. The molecule has 1 aromatic carbocycles. The lowest BCUT2D eigenvalue weighted by atomic mass is 9.88. The largest absolute Gasteiger partial charge is 0.463 e. The van der Waals surface area contributed by atoms with E-state index in [9.17, 15) is 14.4 Å². The zero-order valence-electron chi connectivity index (χ0n) is 14.7. The normalized spacial score (nSPS) is 20.8. The van der Waals surface area contributed by atoms with Crippen molar-refractivity contribution < 1.29 is 19.1 Å². The standard InChI is InChI=1S/C19H22N2O4S/c1-2-25-19(24)10-18-21(17(23)12-26-18)11-16(22)20-15-9-5-7-13-6-3-4-8-14(13)15/h3-4,6,8,10,15H,2,5,7,9,11-12H2,1H3,(H,20,22)/b18-10+. The lowest BCUT2D eigenvalue weighted by Gasteiger charge is -2.27. The van der Waals surface area contributed by atoms with Crippen LogP contribution in [0, 0.1) is 0 Å². The quantitative estimate of drug-likeness (QED) is 0.631. The van der Waals surface area contributed by atoms with Crippen molar-refractivity contribution in [3.05, 3.63) is 46.5 Å². The van der Waals surface area contributed by atoms with Crippen molar-refractivity contribution in [3.63, 3.8) is 0 Å². The Morgan fingerprint density at radius 2 is 2.19 bits per heavy atom. The number of benzene rings is 1. The van der Waals surface area contributed by atoms with E-state index in [1.54, 1.807) is 6.92 Å². The highest BCUT2D eigenvalue weighted by atomic mass is 32.2. The molecule has 0 radical (unpaired) electrons. The molecule has 1 N–H and O–H groups in total. The minimum atomic E-state index is -0.503. The molecule has 6 nitrogen and oxygen atoms in total. The number of hydrogen-bond donors (Lipinski definition) is 1. The van der Waals surface area contributed by atoms with Gasteiger partial charge in [0.25, 0.3) is 0 Å². The molecule has 0 bridgehead atoms. The van der Waals surface area contributed by atoms with E-state index in [2.05, 4.69) is 11.4 Å². The second-order valence-electron chi connectivity index (χ2n) is 6.21. The second kappa shape index (κ2) is 8.40. The zero-order valence-corrected chi connectivity index (χ0v) is 15.5. The lowest BCUT2D eigenvalue weighted by Crippen LogP contribution is -2.40. The fourth-order valence-electron chi connectivity index (χ4n) is 3.27. The van der Waals surface area contributed by atoms with E-state index in [0.717, 1.165) is 24.8 Å². The molecule has 0 saturated carbocycles. The fourth-order valence-corrected chi connectivity index (χ4v) is 4.20. The van der Waals surface area contributed by atoms with Gasteiger partial charge in [-0.3, -0.25) is 14.5 Å². The van der Waals surface area contributed by atoms with E-state index >= 15 is 0 Å². The van der Waals surface area contributed by atoms with Gasteiger partial charge >= 0.3 is 5.97 Å². The van der Waals surface area contributed by atoms with Crippen LogP contribution in [0.3, 0.4) is 0 Å². The van der Waals surface area contributed by atoms with Crippen molar-refractivity contribution in [3.8, 4) is 0 Å². The number of hydrogen-bond acceptors (Lipinski definition) is 5. The molecule has 26 heavy (non-hydrogen) atoms. The molecule has 3 rings (SSSR count). The van der Waals surface area contributed by atoms with Gasteiger partial charge in [0.1, 0.15) is 6.54 Å². The van der Waals surface area contributed by atoms with E-state index in [4.69, 9.17) is 4.74 Å². The van der Waals surface area contributed by atoms with Crippen molar-refractivity contribution in [2.75, 3.05) is 18.9 Å². The molecule has 1 atom stereocenters. The van der Waals surface area contributed by atoms with Crippen LogP contribution in [0.2, 0.25) is 0 Å². The molecule has 1 heterocycles. The van der Waals surface area contributed by atoms with Gasteiger partial charge in [-0.15, -0.1) is 0 Å². The molecule has 0 spiro atoms. The second-order valence-corrected chi connectivity index (χ2v) is 7.21. The Hall–Kier alpha value is -2.28. The van der Waals surface area contributed by atoms with Crippen LogP contribution in [0.15, 0.2) is 35.4 Å². The summed E-state index contributed by atoms with van der Waals surface area (Å²) in [4.78, 5) is 37.6. The lowest BCUT2D eigenvalue weighted by molar-refractivity contribution is -0.137. The number of nitrogens with zero attached hydrogens (tertiary/aromatic N) is 1. The van der Waals surface area contributed by atoms with Gasteiger partial charge in [-0.25, -0.2) is 4.79 Å². The van der Waals surface area contributed by atoms with E-state index in [0.29, 0.717) is 5.03 Å². The first-order valence-electron chi connectivity index (χ1n) is 8.77. The molecule has 138 valence electrons. The average Bonchev–Trinajstić information content (AvgIpc) is 2.95. The first kappa shape index (κ1) is 18.5. The maximum Gasteiger partial charge on any atom is 0.333 e. The molecular formula is C19H22N2O4S. The van der Waals surface area contributed by atoms with Gasteiger partial charge in [0.2, 0.25) is 11.8 Å². The Bertz CT molecular complexity index is 747. The number of carbonyl (C=O) groups is 3. The van der Waals surface area contributed by atoms with Crippen LogP contribution in [0.4, 0.5) is 0 Å². The van der Waals surface area contributed by atoms with Crippen LogP contribution in [0.25, 0.3) is 0 Å². The Balaban J connectivity index is 1.66. The van der Waals surface area contributed by atoms with Crippen LogP contribution < -0.4 is 5.32 Å². The van der Waals surface area contributed by atoms with Crippen LogP contribution in [0.5, 0.6) is 0 Å².